The number of nitriles is 1. The highest BCUT2D eigenvalue weighted by atomic mass is 35.5. The second-order valence-electron chi connectivity index (χ2n) is 3.94. The fourth-order valence-electron chi connectivity index (χ4n) is 0.966. The maximum absolute atomic E-state index is 13.1. The first-order valence-corrected chi connectivity index (χ1v) is 5.41. The number of benzene rings is 1. The molecule has 0 saturated heterocycles. The Morgan fingerprint density at radius 1 is 1.41 bits per heavy atom. The summed E-state index contributed by atoms with van der Waals surface area (Å²) in [6, 6.07) is 4.31. The Kier molecular flexibility index (Phi) is 3.97. The van der Waals surface area contributed by atoms with E-state index in [2.05, 4.69) is 5.32 Å². The molecule has 0 heterocycles. The van der Waals surface area contributed by atoms with Gasteiger partial charge in [0.1, 0.15) is 5.41 Å². The van der Waals surface area contributed by atoms with Gasteiger partial charge in [0.05, 0.1) is 16.1 Å². The molecule has 0 aliphatic carbocycles. The molecule has 1 N–H and O–H groups in total. The Labute approximate surface area is 108 Å². The molecule has 0 unspecified atom stereocenters. The summed E-state index contributed by atoms with van der Waals surface area (Å²) in [5.41, 5.74) is -0.942. The fraction of sp³-hybridized carbons (Fsp3) is 0.273. The van der Waals surface area contributed by atoms with Crippen molar-refractivity contribution in [1.29, 1.82) is 5.26 Å². The smallest absolute Gasteiger partial charge is 0.244 e. The van der Waals surface area contributed by atoms with Crippen LogP contribution in [0.3, 0.4) is 0 Å². The van der Waals surface area contributed by atoms with Crippen molar-refractivity contribution in [2.24, 2.45) is 5.41 Å². The number of anilines is 1. The molecule has 0 aromatic heterocycles. The minimum atomic E-state index is -1.19. The zero-order chi connectivity index (χ0) is 13.2. The molecule has 0 fully saturated rings. The van der Waals surface area contributed by atoms with E-state index in [4.69, 9.17) is 28.5 Å². The Morgan fingerprint density at radius 3 is 2.29 bits per heavy atom. The average molecular weight is 275 g/mol. The van der Waals surface area contributed by atoms with E-state index >= 15 is 0 Å². The summed E-state index contributed by atoms with van der Waals surface area (Å²) < 4.78 is 13.1. The molecule has 90 valence electrons. The lowest BCUT2D eigenvalue weighted by molar-refractivity contribution is -0.121. The number of hydrogen-bond acceptors (Lipinski definition) is 2. The van der Waals surface area contributed by atoms with Crippen LogP contribution in [0.5, 0.6) is 0 Å². The number of nitrogens with one attached hydrogen (secondary N) is 1. The van der Waals surface area contributed by atoms with Crippen molar-refractivity contribution in [3.63, 3.8) is 0 Å². The number of carbonyl (C=O) groups excluding carboxylic acids is 1. The Hall–Kier alpha value is -1.31. The molecule has 0 spiro atoms. The topological polar surface area (TPSA) is 52.9 Å². The molecule has 6 heteroatoms. The van der Waals surface area contributed by atoms with Gasteiger partial charge in [0, 0.05) is 5.69 Å². The van der Waals surface area contributed by atoms with E-state index in [9.17, 15) is 9.18 Å². The summed E-state index contributed by atoms with van der Waals surface area (Å²) in [4.78, 5) is 11.7. The molecule has 1 aromatic carbocycles. The standard InChI is InChI=1S/C11H9Cl2FN2O/c1-11(2,5-15)10(17)16-6-3-7(12)9(14)8(13)4-6/h3-4H,1-2H3,(H,16,17). The molecule has 0 bridgehead atoms. The van der Waals surface area contributed by atoms with Gasteiger partial charge in [-0.3, -0.25) is 4.79 Å². The Balaban J connectivity index is 2.99. The minimum absolute atomic E-state index is 0.192. The molecular weight excluding hydrogens is 266 g/mol. The summed E-state index contributed by atoms with van der Waals surface area (Å²) in [7, 11) is 0. The van der Waals surface area contributed by atoms with E-state index in [0.717, 1.165) is 0 Å². The third kappa shape index (κ3) is 3.09. The van der Waals surface area contributed by atoms with Crippen molar-refractivity contribution in [3.8, 4) is 6.07 Å². The van der Waals surface area contributed by atoms with E-state index in [1.54, 1.807) is 0 Å². The van der Waals surface area contributed by atoms with Gasteiger partial charge in [0.2, 0.25) is 5.91 Å². The highest BCUT2D eigenvalue weighted by Crippen LogP contribution is 2.28. The molecule has 1 aromatic rings. The number of rotatable bonds is 2. The van der Waals surface area contributed by atoms with Gasteiger partial charge in [-0.05, 0) is 26.0 Å². The zero-order valence-corrected chi connectivity index (χ0v) is 10.7. The van der Waals surface area contributed by atoms with Crippen molar-refractivity contribution in [3.05, 3.63) is 28.0 Å². The Bertz CT molecular complexity index is 486. The van der Waals surface area contributed by atoms with Crippen LogP contribution < -0.4 is 5.32 Å². The van der Waals surface area contributed by atoms with E-state index in [1.807, 2.05) is 6.07 Å². The first-order chi connectivity index (χ1) is 7.77. The van der Waals surface area contributed by atoms with Crippen LogP contribution in [0.4, 0.5) is 10.1 Å². The largest absolute Gasteiger partial charge is 0.325 e. The van der Waals surface area contributed by atoms with Crippen molar-refractivity contribution in [1.82, 2.24) is 0 Å². The monoisotopic (exact) mass is 274 g/mol. The van der Waals surface area contributed by atoms with Crippen LogP contribution in [0.25, 0.3) is 0 Å². The minimum Gasteiger partial charge on any atom is -0.325 e. The summed E-state index contributed by atoms with van der Waals surface area (Å²) in [6.07, 6.45) is 0. The second kappa shape index (κ2) is 4.91. The lowest BCUT2D eigenvalue weighted by atomic mass is 9.94. The predicted octanol–water partition coefficient (Wildman–Crippen LogP) is 3.62. The van der Waals surface area contributed by atoms with Crippen molar-refractivity contribution in [2.45, 2.75) is 13.8 Å². The van der Waals surface area contributed by atoms with Crippen LogP contribution in [0, 0.1) is 22.6 Å². The molecule has 0 atom stereocenters. The summed E-state index contributed by atoms with van der Waals surface area (Å²) in [6.45, 7) is 2.93. The Morgan fingerprint density at radius 2 is 1.88 bits per heavy atom. The van der Waals surface area contributed by atoms with Crippen molar-refractivity contribution >= 4 is 34.8 Å². The van der Waals surface area contributed by atoms with Crippen LogP contribution in [-0.2, 0) is 4.79 Å². The zero-order valence-electron chi connectivity index (χ0n) is 9.14. The molecule has 0 aliphatic heterocycles. The van der Waals surface area contributed by atoms with E-state index in [-0.39, 0.29) is 15.7 Å². The molecule has 0 aliphatic rings. The van der Waals surface area contributed by atoms with Crippen LogP contribution in [0.1, 0.15) is 13.8 Å². The van der Waals surface area contributed by atoms with Crippen LogP contribution in [-0.4, -0.2) is 5.91 Å². The first kappa shape index (κ1) is 13.8. The van der Waals surface area contributed by atoms with Gasteiger partial charge in [-0.15, -0.1) is 0 Å². The van der Waals surface area contributed by atoms with Crippen molar-refractivity contribution < 1.29 is 9.18 Å². The third-order valence-electron chi connectivity index (χ3n) is 2.09. The number of hydrogen-bond donors (Lipinski definition) is 1. The number of halogens is 3. The van der Waals surface area contributed by atoms with E-state index < -0.39 is 17.1 Å². The first-order valence-electron chi connectivity index (χ1n) is 4.65. The molecule has 1 amide bonds. The number of amides is 1. The van der Waals surface area contributed by atoms with Crippen molar-refractivity contribution in [2.75, 3.05) is 5.32 Å². The van der Waals surface area contributed by atoms with Crippen LogP contribution >= 0.6 is 23.2 Å². The number of carbonyl (C=O) groups is 1. The summed E-state index contributed by atoms with van der Waals surface area (Å²) in [5, 5.41) is 10.8. The molecule has 0 radical (unpaired) electrons. The van der Waals surface area contributed by atoms with Gasteiger partial charge in [0.15, 0.2) is 5.82 Å². The lowest BCUT2D eigenvalue weighted by Gasteiger charge is -2.15. The molecule has 0 saturated carbocycles. The molecule has 3 nitrogen and oxygen atoms in total. The summed E-state index contributed by atoms with van der Waals surface area (Å²) in [5.74, 6) is -1.26. The normalized spacial score (nSPS) is 10.8. The van der Waals surface area contributed by atoms with Crippen LogP contribution in [0.2, 0.25) is 10.0 Å². The van der Waals surface area contributed by atoms with Gasteiger partial charge < -0.3 is 5.32 Å². The fourth-order valence-corrected chi connectivity index (χ4v) is 1.45. The highest BCUT2D eigenvalue weighted by molar-refractivity contribution is 6.35. The van der Waals surface area contributed by atoms with Crippen LogP contribution in [0.15, 0.2) is 12.1 Å². The second-order valence-corrected chi connectivity index (χ2v) is 4.76. The van der Waals surface area contributed by atoms with Gasteiger partial charge in [0.25, 0.3) is 0 Å². The lowest BCUT2D eigenvalue weighted by Crippen LogP contribution is -2.29. The summed E-state index contributed by atoms with van der Waals surface area (Å²) >= 11 is 11.1. The third-order valence-corrected chi connectivity index (χ3v) is 2.64. The van der Waals surface area contributed by atoms with Gasteiger partial charge in [-0.2, -0.15) is 5.26 Å². The molecular formula is C11H9Cl2FN2O. The molecule has 17 heavy (non-hydrogen) atoms. The van der Waals surface area contributed by atoms with Gasteiger partial charge in [-0.25, -0.2) is 4.39 Å². The van der Waals surface area contributed by atoms with Gasteiger partial charge >= 0.3 is 0 Å². The molecule has 1 rings (SSSR count). The predicted molar refractivity (Wildman–Crippen MR) is 64.4 cm³/mol. The highest BCUT2D eigenvalue weighted by Gasteiger charge is 2.27. The maximum atomic E-state index is 13.1. The SMILES string of the molecule is CC(C)(C#N)C(=O)Nc1cc(Cl)c(F)c(Cl)c1. The van der Waals surface area contributed by atoms with Gasteiger partial charge in [-0.1, -0.05) is 23.2 Å². The van der Waals surface area contributed by atoms with E-state index in [0.29, 0.717) is 0 Å². The quantitative estimate of drug-likeness (QED) is 0.838. The number of nitrogens with zero attached hydrogens (tertiary/aromatic N) is 1. The van der Waals surface area contributed by atoms with E-state index in [1.165, 1.54) is 26.0 Å². The average Bonchev–Trinajstić information content (AvgIpc) is 2.25. The maximum Gasteiger partial charge on any atom is 0.244 e.